The molecule has 3 rings (SSSR count). The van der Waals surface area contributed by atoms with Crippen molar-refractivity contribution in [1.29, 1.82) is 5.41 Å². The molecule has 7 heteroatoms. The molecule has 1 aliphatic rings. The lowest BCUT2D eigenvalue weighted by Crippen LogP contribution is -2.36. The number of aromatic nitrogens is 1. The van der Waals surface area contributed by atoms with Crippen LogP contribution in [0, 0.1) is 5.41 Å². The fourth-order valence-electron chi connectivity index (χ4n) is 2.55. The molecular weight excluding hydrogens is 292 g/mol. The molecule has 0 unspecified atom stereocenters. The average Bonchev–Trinajstić information content (AvgIpc) is 3.04. The summed E-state index contributed by atoms with van der Waals surface area (Å²) in [7, 11) is 0. The van der Waals surface area contributed by atoms with E-state index in [0.717, 1.165) is 37.7 Å². The number of nitrogens with one attached hydrogen (secondary N) is 2. The van der Waals surface area contributed by atoms with Crippen LogP contribution in [0.4, 0.5) is 5.69 Å². The molecule has 1 aromatic carbocycles. The van der Waals surface area contributed by atoms with Crippen molar-refractivity contribution in [3.63, 3.8) is 0 Å². The molecule has 2 heterocycles. The lowest BCUT2D eigenvalue weighted by molar-refractivity contribution is 0.122. The predicted molar refractivity (Wildman–Crippen MR) is 91.4 cm³/mol. The van der Waals surface area contributed by atoms with Gasteiger partial charge in [0.25, 0.3) is 0 Å². The van der Waals surface area contributed by atoms with Crippen molar-refractivity contribution >= 4 is 17.9 Å². The smallest absolute Gasteiger partial charge is 0.206 e. The molecule has 0 spiro atoms. The van der Waals surface area contributed by atoms with E-state index in [9.17, 15) is 0 Å². The number of hydrogen-bond acceptors (Lipinski definition) is 4. The van der Waals surface area contributed by atoms with Gasteiger partial charge in [0, 0.05) is 30.7 Å². The summed E-state index contributed by atoms with van der Waals surface area (Å²) in [5.41, 5.74) is 10.8. The first kappa shape index (κ1) is 15.1. The zero-order valence-electron chi connectivity index (χ0n) is 12.8. The maximum absolute atomic E-state index is 7.09. The van der Waals surface area contributed by atoms with Gasteiger partial charge >= 0.3 is 0 Å². The minimum atomic E-state index is -0.186. The molecule has 0 bridgehead atoms. The lowest BCUT2D eigenvalue weighted by atomic mass is 10.2. The van der Waals surface area contributed by atoms with Gasteiger partial charge in [-0.3, -0.25) is 5.41 Å². The standard InChI is InChI=1S/C16H20N6O/c17-16(18)20-19-12-15-2-1-7-22(15)14-5-3-13(4-6-14)21-8-10-23-11-9-21/h1-7,12H,8-11H2,(H4,17,18,20)/b19-12-. The van der Waals surface area contributed by atoms with Gasteiger partial charge in [0.1, 0.15) is 0 Å². The number of hydrogen-bond donors (Lipinski definition) is 3. The highest BCUT2D eigenvalue weighted by atomic mass is 16.5. The van der Waals surface area contributed by atoms with Crippen molar-refractivity contribution in [1.82, 2.24) is 9.99 Å². The average molecular weight is 312 g/mol. The van der Waals surface area contributed by atoms with E-state index in [2.05, 4.69) is 39.7 Å². The summed E-state index contributed by atoms with van der Waals surface area (Å²) in [6.45, 7) is 3.42. The second kappa shape index (κ2) is 6.97. The summed E-state index contributed by atoms with van der Waals surface area (Å²) in [5.74, 6) is -0.186. The largest absolute Gasteiger partial charge is 0.378 e. The SMILES string of the molecule is N=C(N)N/N=C\c1cccn1-c1ccc(N2CCOCC2)cc1. The Hall–Kier alpha value is -2.80. The summed E-state index contributed by atoms with van der Waals surface area (Å²) in [6, 6.07) is 12.3. The molecule has 23 heavy (non-hydrogen) atoms. The highest BCUT2D eigenvalue weighted by Gasteiger charge is 2.11. The van der Waals surface area contributed by atoms with Crippen molar-refractivity contribution in [3.8, 4) is 5.69 Å². The lowest BCUT2D eigenvalue weighted by Gasteiger charge is -2.29. The van der Waals surface area contributed by atoms with Crippen LogP contribution in [0.5, 0.6) is 0 Å². The third-order valence-corrected chi connectivity index (χ3v) is 3.67. The van der Waals surface area contributed by atoms with Crippen LogP contribution in [0.1, 0.15) is 5.69 Å². The second-order valence-corrected chi connectivity index (χ2v) is 5.20. The molecule has 2 aromatic rings. The molecule has 1 aliphatic heterocycles. The van der Waals surface area contributed by atoms with Gasteiger partial charge in [-0.2, -0.15) is 5.10 Å². The molecule has 0 aliphatic carbocycles. The molecule has 1 saturated heterocycles. The van der Waals surface area contributed by atoms with Crippen molar-refractivity contribution in [2.75, 3.05) is 31.2 Å². The summed E-state index contributed by atoms with van der Waals surface area (Å²) >= 11 is 0. The molecule has 4 N–H and O–H groups in total. The number of anilines is 1. The van der Waals surface area contributed by atoms with Crippen LogP contribution in [-0.2, 0) is 4.74 Å². The van der Waals surface area contributed by atoms with Crippen molar-refractivity contribution < 1.29 is 4.74 Å². The number of nitrogens with zero attached hydrogens (tertiary/aromatic N) is 3. The Kier molecular flexibility index (Phi) is 4.58. The van der Waals surface area contributed by atoms with Crippen LogP contribution in [0.25, 0.3) is 5.69 Å². The van der Waals surface area contributed by atoms with Gasteiger partial charge in [0.2, 0.25) is 5.96 Å². The van der Waals surface area contributed by atoms with E-state index in [-0.39, 0.29) is 5.96 Å². The van der Waals surface area contributed by atoms with E-state index >= 15 is 0 Å². The van der Waals surface area contributed by atoms with Crippen LogP contribution >= 0.6 is 0 Å². The van der Waals surface area contributed by atoms with Crippen LogP contribution in [0.3, 0.4) is 0 Å². The Morgan fingerprint density at radius 1 is 1.17 bits per heavy atom. The summed E-state index contributed by atoms with van der Waals surface area (Å²) < 4.78 is 7.41. The van der Waals surface area contributed by atoms with Gasteiger partial charge in [0.05, 0.1) is 25.1 Å². The number of ether oxygens (including phenoxy) is 1. The first-order valence-electron chi connectivity index (χ1n) is 7.47. The number of rotatable bonds is 4. The monoisotopic (exact) mass is 312 g/mol. The quantitative estimate of drug-likeness (QED) is 0.448. The Morgan fingerprint density at radius 2 is 1.87 bits per heavy atom. The molecule has 0 atom stereocenters. The van der Waals surface area contributed by atoms with Crippen LogP contribution < -0.4 is 16.1 Å². The fourth-order valence-corrected chi connectivity index (χ4v) is 2.55. The topological polar surface area (TPSA) is 91.7 Å². The van der Waals surface area contributed by atoms with E-state index in [4.69, 9.17) is 15.9 Å². The minimum Gasteiger partial charge on any atom is -0.378 e. The maximum Gasteiger partial charge on any atom is 0.206 e. The summed E-state index contributed by atoms with van der Waals surface area (Å²) in [4.78, 5) is 2.32. The van der Waals surface area contributed by atoms with E-state index in [1.807, 2.05) is 22.9 Å². The summed E-state index contributed by atoms with van der Waals surface area (Å²) in [5, 5.41) is 11.0. The highest BCUT2D eigenvalue weighted by Crippen LogP contribution is 2.19. The Balaban J connectivity index is 1.76. The predicted octanol–water partition coefficient (Wildman–Crippen LogP) is 1.13. The second-order valence-electron chi connectivity index (χ2n) is 5.20. The number of hydrazone groups is 1. The minimum absolute atomic E-state index is 0.186. The Morgan fingerprint density at radius 3 is 2.57 bits per heavy atom. The van der Waals surface area contributed by atoms with Crippen molar-refractivity contribution in [2.45, 2.75) is 0 Å². The van der Waals surface area contributed by atoms with Gasteiger partial charge in [-0.1, -0.05) is 0 Å². The molecule has 0 saturated carbocycles. The molecule has 7 nitrogen and oxygen atoms in total. The van der Waals surface area contributed by atoms with Crippen molar-refractivity contribution in [2.24, 2.45) is 10.8 Å². The van der Waals surface area contributed by atoms with Crippen molar-refractivity contribution in [3.05, 3.63) is 48.3 Å². The third kappa shape index (κ3) is 3.70. The van der Waals surface area contributed by atoms with Gasteiger partial charge in [0.15, 0.2) is 0 Å². The van der Waals surface area contributed by atoms with Crippen LogP contribution in [-0.4, -0.2) is 43.0 Å². The Labute approximate surface area is 134 Å². The number of morpholine rings is 1. The van der Waals surface area contributed by atoms with Gasteiger partial charge in [-0.15, -0.1) is 0 Å². The van der Waals surface area contributed by atoms with Crippen LogP contribution in [0.2, 0.25) is 0 Å². The summed E-state index contributed by atoms with van der Waals surface area (Å²) in [6.07, 6.45) is 3.61. The molecule has 1 fully saturated rings. The van der Waals surface area contributed by atoms with Gasteiger partial charge in [-0.05, 0) is 36.4 Å². The van der Waals surface area contributed by atoms with Crippen LogP contribution in [0.15, 0.2) is 47.7 Å². The molecule has 120 valence electrons. The van der Waals surface area contributed by atoms with E-state index in [1.165, 1.54) is 5.69 Å². The zero-order valence-corrected chi connectivity index (χ0v) is 12.8. The number of nitrogens with two attached hydrogens (primary N) is 1. The number of guanidine groups is 1. The number of benzene rings is 1. The van der Waals surface area contributed by atoms with Gasteiger partial charge in [-0.25, -0.2) is 5.43 Å². The first-order valence-corrected chi connectivity index (χ1v) is 7.47. The van der Waals surface area contributed by atoms with E-state index < -0.39 is 0 Å². The highest BCUT2D eigenvalue weighted by molar-refractivity contribution is 5.81. The zero-order chi connectivity index (χ0) is 16.1. The van der Waals surface area contributed by atoms with Gasteiger partial charge < -0.3 is 19.9 Å². The first-order chi connectivity index (χ1) is 11.2. The molecule has 0 radical (unpaired) electrons. The maximum atomic E-state index is 7.09. The molecular formula is C16H20N6O. The fraction of sp³-hybridized carbons (Fsp3) is 0.250. The Bertz CT molecular complexity index is 685. The van der Waals surface area contributed by atoms with E-state index in [1.54, 1.807) is 6.21 Å². The third-order valence-electron chi connectivity index (χ3n) is 3.67. The molecule has 1 aromatic heterocycles. The van der Waals surface area contributed by atoms with E-state index in [0.29, 0.717) is 0 Å². The molecule has 0 amide bonds. The normalized spacial score (nSPS) is 15.0.